The molecule has 1 saturated heterocycles. The fraction of sp³-hybridized carbons (Fsp3) is 0.909. The van der Waals surface area contributed by atoms with Crippen molar-refractivity contribution < 1.29 is 4.79 Å². The van der Waals surface area contributed by atoms with Crippen LogP contribution in [0.15, 0.2) is 0 Å². The van der Waals surface area contributed by atoms with Crippen LogP contribution in [0.4, 0.5) is 0 Å². The Morgan fingerprint density at radius 3 is 2.79 bits per heavy atom. The molecule has 1 aliphatic rings. The lowest BCUT2D eigenvalue weighted by molar-refractivity contribution is -0.0979. The molecule has 3 heteroatoms. The molecule has 1 atom stereocenters. The molecule has 0 amide bonds. The van der Waals surface area contributed by atoms with Gasteiger partial charge in [0.05, 0.1) is 0 Å². The first kappa shape index (κ1) is 13.6. The zero-order valence-corrected chi connectivity index (χ0v) is 9.59. The van der Waals surface area contributed by atoms with Crippen molar-refractivity contribution >= 4 is 6.79 Å². The number of hydrogen-bond donors (Lipinski definition) is 1. The molecule has 1 aliphatic heterocycles. The van der Waals surface area contributed by atoms with Crippen LogP contribution in [0.1, 0.15) is 32.6 Å². The predicted molar refractivity (Wildman–Crippen MR) is 60.6 cm³/mol. The Morgan fingerprint density at radius 2 is 2.21 bits per heavy atom. The van der Waals surface area contributed by atoms with E-state index in [9.17, 15) is 0 Å². The molecule has 0 spiro atoms. The fourth-order valence-electron chi connectivity index (χ4n) is 2.11. The van der Waals surface area contributed by atoms with Crippen LogP contribution < -0.4 is 5.32 Å². The largest absolute Gasteiger partial charge is 0.318 e. The van der Waals surface area contributed by atoms with Crippen molar-refractivity contribution in [2.75, 3.05) is 26.7 Å². The molecule has 3 nitrogen and oxygen atoms in total. The molecular weight excluding hydrogens is 176 g/mol. The standard InChI is InChI=1S/C10H22N2.CH2O/c1-3-5-10-6-4-8-12(10)9-7-11-2;1-2/h10-11H,3-9H2,1-2H3;1H2/t10-;/m1./s1. The Balaban J connectivity index is 0.000000791. The van der Waals surface area contributed by atoms with E-state index in [1.54, 1.807) is 0 Å². The summed E-state index contributed by atoms with van der Waals surface area (Å²) in [5, 5.41) is 3.22. The van der Waals surface area contributed by atoms with E-state index < -0.39 is 0 Å². The van der Waals surface area contributed by atoms with Crippen molar-refractivity contribution in [3.63, 3.8) is 0 Å². The summed E-state index contributed by atoms with van der Waals surface area (Å²) in [5.74, 6) is 0. The topological polar surface area (TPSA) is 32.3 Å². The highest BCUT2D eigenvalue weighted by Crippen LogP contribution is 2.20. The summed E-state index contributed by atoms with van der Waals surface area (Å²) < 4.78 is 0. The highest BCUT2D eigenvalue weighted by molar-refractivity contribution is 5.10. The third-order valence-electron chi connectivity index (χ3n) is 2.77. The summed E-state index contributed by atoms with van der Waals surface area (Å²) in [6.45, 7) is 7.99. The minimum atomic E-state index is 0.892. The van der Waals surface area contributed by atoms with E-state index in [0.29, 0.717) is 0 Å². The normalized spacial score (nSPS) is 21.7. The molecule has 1 N–H and O–H groups in total. The maximum atomic E-state index is 8.00. The molecule has 0 unspecified atom stereocenters. The zero-order valence-electron chi connectivity index (χ0n) is 9.59. The van der Waals surface area contributed by atoms with Gasteiger partial charge in [0, 0.05) is 19.1 Å². The van der Waals surface area contributed by atoms with Gasteiger partial charge in [0.15, 0.2) is 0 Å². The number of nitrogens with one attached hydrogen (secondary N) is 1. The predicted octanol–water partition coefficient (Wildman–Crippen LogP) is 1.29. The van der Waals surface area contributed by atoms with Gasteiger partial charge >= 0.3 is 0 Å². The summed E-state index contributed by atoms with van der Waals surface area (Å²) in [4.78, 5) is 10.6. The van der Waals surface area contributed by atoms with Gasteiger partial charge in [-0.05, 0) is 32.9 Å². The smallest absolute Gasteiger partial charge is 0.106 e. The molecule has 0 radical (unpaired) electrons. The third kappa shape index (κ3) is 4.72. The van der Waals surface area contributed by atoms with Gasteiger partial charge in [-0.2, -0.15) is 0 Å². The molecule has 0 aromatic carbocycles. The Labute approximate surface area is 87.9 Å². The average Bonchev–Trinajstić information content (AvgIpc) is 2.66. The third-order valence-corrected chi connectivity index (χ3v) is 2.77. The number of likely N-dealkylation sites (N-methyl/N-ethyl adjacent to an activating group) is 1. The Morgan fingerprint density at radius 1 is 1.50 bits per heavy atom. The van der Waals surface area contributed by atoms with Gasteiger partial charge in [-0.1, -0.05) is 13.3 Å². The average molecular weight is 200 g/mol. The van der Waals surface area contributed by atoms with Gasteiger partial charge < -0.3 is 10.1 Å². The lowest BCUT2D eigenvalue weighted by Gasteiger charge is -2.23. The van der Waals surface area contributed by atoms with Crippen molar-refractivity contribution in [3.05, 3.63) is 0 Å². The SMILES string of the molecule is C=O.CCC[C@@H]1CCCN1CCNC. The van der Waals surface area contributed by atoms with Gasteiger partial charge in [0.2, 0.25) is 0 Å². The molecule has 84 valence electrons. The molecule has 0 saturated carbocycles. The van der Waals surface area contributed by atoms with Crippen LogP contribution in [0.3, 0.4) is 0 Å². The van der Waals surface area contributed by atoms with Crippen molar-refractivity contribution in [1.82, 2.24) is 10.2 Å². The first-order chi connectivity index (χ1) is 6.88. The van der Waals surface area contributed by atoms with E-state index in [0.717, 1.165) is 12.6 Å². The lowest BCUT2D eigenvalue weighted by atomic mass is 10.1. The van der Waals surface area contributed by atoms with Gasteiger partial charge in [-0.15, -0.1) is 0 Å². The first-order valence-corrected chi connectivity index (χ1v) is 5.56. The maximum Gasteiger partial charge on any atom is 0.106 e. The minimum Gasteiger partial charge on any atom is -0.318 e. The van der Waals surface area contributed by atoms with Gasteiger partial charge in [-0.3, -0.25) is 4.90 Å². The Bertz CT molecular complexity index is 130. The molecule has 1 fully saturated rings. The summed E-state index contributed by atoms with van der Waals surface area (Å²) in [7, 11) is 2.03. The molecule has 1 rings (SSSR count). The second-order valence-corrected chi connectivity index (χ2v) is 3.72. The number of likely N-dealkylation sites (tertiary alicyclic amines) is 1. The van der Waals surface area contributed by atoms with E-state index >= 15 is 0 Å². The van der Waals surface area contributed by atoms with Crippen molar-refractivity contribution in [2.24, 2.45) is 0 Å². The summed E-state index contributed by atoms with van der Waals surface area (Å²) in [5.41, 5.74) is 0. The number of nitrogens with zero attached hydrogens (tertiary/aromatic N) is 1. The van der Waals surface area contributed by atoms with E-state index in [-0.39, 0.29) is 0 Å². The Hall–Kier alpha value is -0.410. The van der Waals surface area contributed by atoms with E-state index in [2.05, 4.69) is 17.1 Å². The molecule has 0 bridgehead atoms. The van der Waals surface area contributed by atoms with Gasteiger partial charge in [0.25, 0.3) is 0 Å². The van der Waals surface area contributed by atoms with E-state index in [1.807, 2.05) is 13.8 Å². The Kier molecular flexibility index (Phi) is 8.89. The molecule has 14 heavy (non-hydrogen) atoms. The number of carbonyl (C=O) groups excluding carboxylic acids is 1. The van der Waals surface area contributed by atoms with Crippen LogP contribution in [-0.2, 0) is 4.79 Å². The lowest BCUT2D eigenvalue weighted by Crippen LogP contribution is -2.34. The molecular formula is C11H24N2O. The molecule has 1 heterocycles. The van der Waals surface area contributed by atoms with Gasteiger partial charge in [0.1, 0.15) is 6.79 Å². The van der Waals surface area contributed by atoms with Crippen LogP contribution >= 0.6 is 0 Å². The quantitative estimate of drug-likeness (QED) is 0.725. The van der Waals surface area contributed by atoms with Crippen LogP contribution in [0.25, 0.3) is 0 Å². The van der Waals surface area contributed by atoms with E-state index in [1.165, 1.54) is 38.8 Å². The zero-order chi connectivity index (χ0) is 10.8. The molecule has 0 aromatic rings. The van der Waals surface area contributed by atoms with Gasteiger partial charge in [-0.25, -0.2) is 0 Å². The van der Waals surface area contributed by atoms with Crippen molar-refractivity contribution in [2.45, 2.75) is 38.6 Å². The first-order valence-electron chi connectivity index (χ1n) is 5.56. The minimum absolute atomic E-state index is 0.892. The van der Waals surface area contributed by atoms with Crippen LogP contribution in [0.2, 0.25) is 0 Å². The second kappa shape index (κ2) is 9.16. The van der Waals surface area contributed by atoms with Crippen molar-refractivity contribution in [1.29, 1.82) is 0 Å². The highest BCUT2D eigenvalue weighted by Gasteiger charge is 2.22. The summed E-state index contributed by atoms with van der Waals surface area (Å²) >= 11 is 0. The van der Waals surface area contributed by atoms with E-state index in [4.69, 9.17) is 4.79 Å². The molecule has 0 aliphatic carbocycles. The molecule has 0 aromatic heterocycles. The fourth-order valence-corrected chi connectivity index (χ4v) is 2.11. The summed E-state index contributed by atoms with van der Waals surface area (Å²) in [6, 6.07) is 0.892. The summed E-state index contributed by atoms with van der Waals surface area (Å²) in [6.07, 6.45) is 5.57. The monoisotopic (exact) mass is 200 g/mol. The van der Waals surface area contributed by atoms with Crippen molar-refractivity contribution in [3.8, 4) is 0 Å². The van der Waals surface area contributed by atoms with Crippen LogP contribution in [-0.4, -0.2) is 44.4 Å². The number of carbonyl (C=O) groups is 1. The number of rotatable bonds is 5. The van der Waals surface area contributed by atoms with Crippen LogP contribution in [0, 0.1) is 0 Å². The second-order valence-electron chi connectivity index (χ2n) is 3.72. The number of hydrogen-bond acceptors (Lipinski definition) is 3. The highest BCUT2D eigenvalue weighted by atomic mass is 16.1. The maximum absolute atomic E-state index is 8.00. The van der Waals surface area contributed by atoms with Crippen LogP contribution in [0.5, 0.6) is 0 Å².